The Morgan fingerprint density at radius 2 is 2.09 bits per heavy atom. The van der Waals surface area contributed by atoms with E-state index in [1.165, 1.54) is 12.1 Å². The van der Waals surface area contributed by atoms with Gasteiger partial charge in [-0.25, -0.2) is 4.39 Å². The summed E-state index contributed by atoms with van der Waals surface area (Å²) in [5.74, 6) is 0.296. The number of rotatable bonds is 4. The van der Waals surface area contributed by atoms with Gasteiger partial charge in [0.05, 0.1) is 5.02 Å². The molecule has 2 heterocycles. The van der Waals surface area contributed by atoms with Crippen LogP contribution in [0.2, 0.25) is 5.02 Å². The Morgan fingerprint density at radius 1 is 1.27 bits per heavy atom. The number of hydrogen-bond acceptors (Lipinski definition) is 3. The molecule has 0 bridgehead atoms. The normalized spacial score (nSPS) is 15.7. The third kappa shape index (κ3) is 3.76. The van der Waals surface area contributed by atoms with Crippen molar-refractivity contribution in [1.82, 2.24) is 4.98 Å². The molecule has 1 aromatic carbocycles. The highest BCUT2D eigenvalue weighted by Gasteiger charge is 2.14. The lowest BCUT2D eigenvalue weighted by Gasteiger charge is -2.22. The van der Waals surface area contributed by atoms with Crippen LogP contribution < -0.4 is 5.32 Å². The maximum absolute atomic E-state index is 13.9. The molecule has 3 nitrogen and oxygen atoms in total. The molecule has 22 heavy (non-hydrogen) atoms. The number of ether oxygens (including phenoxy) is 1. The number of anilines is 1. The fourth-order valence-corrected chi connectivity index (χ4v) is 2.90. The van der Waals surface area contributed by atoms with Gasteiger partial charge in [-0.15, -0.1) is 0 Å². The van der Waals surface area contributed by atoms with Crippen molar-refractivity contribution >= 4 is 17.3 Å². The van der Waals surface area contributed by atoms with Gasteiger partial charge in [0.2, 0.25) is 0 Å². The zero-order valence-corrected chi connectivity index (χ0v) is 12.9. The summed E-state index contributed by atoms with van der Waals surface area (Å²) in [5, 5.41) is 3.85. The fraction of sp³-hybridized carbons (Fsp3) is 0.353. The molecule has 0 radical (unpaired) electrons. The van der Waals surface area contributed by atoms with Gasteiger partial charge in [-0.3, -0.25) is 4.98 Å². The van der Waals surface area contributed by atoms with Gasteiger partial charge in [-0.2, -0.15) is 0 Å². The summed E-state index contributed by atoms with van der Waals surface area (Å²) in [7, 11) is 0. The first kappa shape index (κ1) is 15.3. The van der Waals surface area contributed by atoms with Crippen LogP contribution in [0.4, 0.5) is 10.1 Å². The first-order chi connectivity index (χ1) is 10.7. The molecule has 3 rings (SSSR count). The highest BCUT2D eigenvalue weighted by atomic mass is 35.5. The highest BCUT2D eigenvalue weighted by Crippen LogP contribution is 2.30. The summed E-state index contributed by atoms with van der Waals surface area (Å²) >= 11 is 6.14. The minimum atomic E-state index is -0.278. The number of pyridine rings is 1. The molecule has 5 heteroatoms. The Kier molecular flexibility index (Phi) is 4.90. The van der Waals surface area contributed by atoms with Crippen molar-refractivity contribution in [3.63, 3.8) is 0 Å². The molecule has 116 valence electrons. The Bertz CT molecular complexity index is 644. The van der Waals surface area contributed by atoms with Crippen molar-refractivity contribution in [3.8, 4) is 11.1 Å². The quantitative estimate of drug-likeness (QED) is 0.907. The Hall–Kier alpha value is -1.65. The molecule has 0 unspecified atom stereocenters. The van der Waals surface area contributed by atoms with Crippen molar-refractivity contribution < 1.29 is 9.13 Å². The Labute approximate surface area is 134 Å². The predicted molar refractivity (Wildman–Crippen MR) is 86.7 cm³/mol. The van der Waals surface area contributed by atoms with E-state index in [1.807, 2.05) is 6.07 Å². The van der Waals surface area contributed by atoms with Gasteiger partial charge in [0.15, 0.2) is 0 Å². The van der Waals surface area contributed by atoms with Gasteiger partial charge in [-0.05, 0) is 48.6 Å². The largest absolute Gasteiger partial charge is 0.385 e. The van der Waals surface area contributed by atoms with E-state index in [4.69, 9.17) is 16.3 Å². The van der Waals surface area contributed by atoms with Gasteiger partial charge >= 0.3 is 0 Å². The summed E-state index contributed by atoms with van der Waals surface area (Å²) in [6.07, 6.45) is 5.31. The summed E-state index contributed by atoms with van der Waals surface area (Å²) in [6, 6.07) is 6.71. The van der Waals surface area contributed by atoms with Crippen LogP contribution in [-0.2, 0) is 4.74 Å². The monoisotopic (exact) mass is 320 g/mol. The van der Waals surface area contributed by atoms with E-state index >= 15 is 0 Å². The molecule has 0 atom stereocenters. The zero-order valence-electron chi connectivity index (χ0n) is 12.2. The average molecular weight is 321 g/mol. The molecule has 1 aromatic heterocycles. The molecule has 0 saturated carbocycles. The van der Waals surface area contributed by atoms with Crippen molar-refractivity contribution in [2.45, 2.75) is 12.8 Å². The molecule has 0 spiro atoms. The van der Waals surface area contributed by atoms with Crippen LogP contribution in [0.5, 0.6) is 0 Å². The summed E-state index contributed by atoms with van der Waals surface area (Å²) in [6.45, 7) is 2.46. The van der Waals surface area contributed by atoms with E-state index in [9.17, 15) is 4.39 Å². The molecule has 1 aliphatic rings. The number of aromatic nitrogens is 1. The fourth-order valence-electron chi connectivity index (χ4n) is 2.67. The SMILES string of the molecule is Fc1cc(NCC2CCOCC2)cc(-c2ccncc2Cl)c1. The summed E-state index contributed by atoms with van der Waals surface area (Å²) in [4.78, 5) is 3.96. The van der Waals surface area contributed by atoms with Gasteiger partial charge in [-0.1, -0.05) is 11.6 Å². The van der Waals surface area contributed by atoms with Gasteiger partial charge in [0.25, 0.3) is 0 Å². The van der Waals surface area contributed by atoms with Crippen LogP contribution in [0.25, 0.3) is 11.1 Å². The smallest absolute Gasteiger partial charge is 0.125 e. The number of hydrogen-bond donors (Lipinski definition) is 1. The number of nitrogens with zero attached hydrogens (tertiary/aromatic N) is 1. The third-order valence-electron chi connectivity index (χ3n) is 3.92. The van der Waals surface area contributed by atoms with Crippen LogP contribution in [0.3, 0.4) is 0 Å². The van der Waals surface area contributed by atoms with Crippen molar-refractivity contribution in [2.75, 3.05) is 25.1 Å². The lowest BCUT2D eigenvalue weighted by Crippen LogP contribution is -2.22. The lowest BCUT2D eigenvalue weighted by molar-refractivity contribution is 0.0699. The second-order valence-electron chi connectivity index (χ2n) is 5.52. The van der Waals surface area contributed by atoms with Crippen LogP contribution in [0.1, 0.15) is 12.8 Å². The molecule has 1 saturated heterocycles. The lowest BCUT2D eigenvalue weighted by atomic mass is 10.00. The number of halogens is 2. The first-order valence-electron chi connectivity index (χ1n) is 7.44. The van der Waals surface area contributed by atoms with E-state index in [2.05, 4.69) is 10.3 Å². The molecule has 0 aliphatic carbocycles. The maximum Gasteiger partial charge on any atom is 0.125 e. The highest BCUT2D eigenvalue weighted by molar-refractivity contribution is 6.33. The maximum atomic E-state index is 13.9. The molecule has 1 N–H and O–H groups in total. The molecular weight excluding hydrogens is 303 g/mol. The van der Waals surface area contributed by atoms with Crippen molar-refractivity contribution in [1.29, 1.82) is 0 Å². The third-order valence-corrected chi connectivity index (χ3v) is 4.22. The van der Waals surface area contributed by atoms with E-state index in [1.54, 1.807) is 18.5 Å². The molecule has 1 fully saturated rings. The minimum Gasteiger partial charge on any atom is -0.385 e. The van der Waals surface area contributed by atoms with Crippen LogP contribution >= 0.6 is 11.6 Å². The van der Waals surface area contributed by atoms with Crippen LogP contribution in [0.15, 0.2) is 36.7 Å². The van der Waals surface area contributed by atoms with E-state index in [-0.39, 0.29) is 5.82 Å². The van der Waals surface area contributed by atoms with Crippen LogP contribution in [-0.4, -0.2) is 24.7 Å². The van der Waals surface area contributed by atoms with Gasteiger partial charge < -0.3 is 10.1 Å². The van der Waals surface area contributed by atoms with Crippen LogP contribution in [0, 0.1) is 11.7 Å². The van der Waals surface area contributed by atoms with Crippen molar-refractivity contribution in [3.05, 3.63) is 47.5 Å². The topological polar surface area (TPSA) is 34.1 Å². The van der Waals surface area contributed by atoms with E-state index in [0.717, 1.165) is 49.4 Å². The Balaban J connectivity index is 1.76. The molecular formula is C17H18ClFN2O. The van der Waals surface area contributed by atoms with Gasteiger partial charge in [0, 0.05) is 43.4 Å². The average Bonchev–Trinajstić information content (AvgIpc) is 2.54. The summed E-state index contributed by atoms with van der Waals surface area (Å²) < 4.78 is 19.2. The molecule has 0 amide bonds. The van der Waals surface area contributed by atoms with E-state index < -0.39 is 0 Å². The molecule has 1 aliphatic heterocycles. The second-order valence-corrected chi connectivity index (χ2v) is 5.93. The summed E-state index contributed by atoms with van der Waals surface area (Å²) in [5.41, 5.74) is 2.31. The second kappa shape index (κ2) is 7.07. The zero-order chi connectivity index (χ0) is 15.4. The van der Waals surface area contributed by atoms with Crippen molar-refractivity contribution in [2.24, 2.45) is 5.92 Å². The Morgan fingerprint density at radius 3 is 2.86 bits per heavy atom. The minimum absolute atomic E-state index is 0.278. The number of benzene rings is 1. The van der Waals surface area contributed by atoms with E-state index in [0.29, 0.717) is 10.9 Å². The molecule has 2 aromatic rings. The predicted octanol–water partition coefficient (Wildman–Crippen LogP) is 4.38. The number of nitrogens with one attached hydrogen (secondary N) is 1. The first-order valence-corrected chi connectivity index (χ1v) is 7.82. The standard InChI is InChI=1S/C17H18ClFN2O/c18-17-11-20-4-1-16(17)13-7-14(19)9-15(8-13)21-10-12-2-5-22-6-3-12/h1,4,7-9,11-12,21H,2-3,5-6,10H2. The van der Waals surface area contributed by atoms with Gasteiger partial charge in [0.1, 0.15) is 5.82 Å².